The van der Waals surface area contributed by atoms with Crippen LogP contribution in [0, 0.1) is 0 Å². The molecular weight excluding hydrogens is 304 g/mol. The SMILES string of the molecule is O=S(=O)(O)c1cccc(/N=N/c2ccc(O)cc2Cl)c1. The van der Waals surface area contributed by atoms with E-state index in [1.807, 2.05) is 0 Å². The van der Waals surface area contributed by atoms with Crippen molar-refractivity contribution in [2.24, 2.45) is 10.2 Å². The first-order valence-electron chi connectivity index (χ1n) is 5.34. The summed E-state index contributed by atoms with van der Waals surface area (Å²) in [5.74, 6) is 0.00215. The summed E-state index contributed by atoms with van der Waals surface area (Å²) >= 11 is 5.85. The summed E-state index contributed by atoms with van der Waals surface area (Å²) in [6.07, 6.45) is 0. The van der Waals surface area contributed by atoms with E-state index in [1.54, 1.807) is 0 Å². The molecule has 0 heterocycles. The zero-order chi connectivity index (χ0) is 14.8. The largest absolute Gasteiger partial charge is 0.508 e. The highest BCUT2D eigenvalue weighted by Crippen LogP contribution is 2.30. The molecule has 0 fully saturated rings. The maximum absolute atomic E-state index is 11.0. The summed E-state index contributed by atoms with van der Waals surface area (Å²) in [6.45, 7) is 0. The molecule has 0 aliphatic carbocycles. The molecule has 0 saturated carbocycles. The van der Waals surface area contributed by atoms with Crippen molar-refractivity contribution in [3.05, 3.63) is 47.5 Å². The van der Waals surface area contributed by atoms with Gasteiger partial charge in [0.15, 0.2) is 0 Å². The van der Waals surface area contributed by atoms with Gasteiger partial charge in [0.1, 0.15) is 11.4 Å². The Hall–Kier alpha value is -1.96. The van der Waals surface area contributed by atoms with Crippen LogP contribution in [-0.2, 0) is 10.1 Å². The van der Waals surface area contributed by atoms with E-state index in [4.69, 9.17) is 16.2 Å². The highest BCUT2D eigenvalue weighted by molar-refractivity contribution is 7.85. The maximum atomic E-state index is 11.0. The van der Waals surface area contributed by atoms with E-state index in [9.17, 15) is 13.5 Å². The van der Waals surface area contributed by atoms with Crippen molar-refractivity contribution < 1.29 is 18.1 Å². The molecule has 0 bridgehead atoms. The van der Waals surface area contributed by atoms with Crippen LogP contribution in [0.15, 0.2) is 57.6 Å². The van der Waals surface area contributed by atoms with E-state index in [0.29, 0.717) is 5.69 Å². The second-order valence-corrected chi connectivity index (χ2v) is 5.64. The fourth-order valence-electron chi connectivity index (χ4n) is 1.39. The van der Waals surface area contributed by atoms with Gasteiger partial charge in [-0.2, -0.15) is 13.5 Å². The Morgan fingerprint density at radius 1 is 1.05 bits per heavy atom. The molecule has 0 unspecified atom stereocenters. The van der Waals surface area contributed by atoms with Crippen LogP contribution in [0.4, 0.5) is 11.4 Å². The Morgan fingerprint density at radius 3 is 2.45 bits per heavy atom. The van der Waals surface area contributed by atoms with Crippen LogP contribution in [0.5, 0.6) is 5.75 Å². The van der Waals surface area contributed by atoms with Crippen molar-refractivity contribution in [3.63, 3.8) is 0 Å². The van der Waals surface area contributed by atoms with Crippen molar-refractivity contribution in [2.75, 3.05) is 0 Å². The lowest BCUT2D eigenvalue weighted by Crippen LogP contribution is -1.96. The molecule has 2 aromatic carbocycles. The summed E-state index contributed by atoms with van der Waals surface area (Å²) in [4.78, 5) is -0.272. The first-order chi connectivity index (χ1) is 9.36. The van der Waals surface area contributed by atoms with Gasteiger partial charge >= 0.3 is 0 Å². The van der Waals surface area contributed by atoms with Gasteiger partial charge in [0.05, 0.1) is 15.6 Å². The highest BCUT2D eigenvalue weighted by atomic mass is 35.5. The minimum absolute atomic E-state index is 0.00215. The standard InChI is InChI=1S/C12H9ClN2O4S/c13-11-7-9(16)4-5-12(11)15-14-8-2-1-3-10(6-8)20(17,18)19/h1-7,16H,(H,17,18,19)/b15-14+. The molecule has 0 radical (unpaired) electrons. The molecule has 0 spiro atoms. The first kappa shape index (κ1) is 14.4. The lowest BCUT2D eigenvalue weighted by molar-refractivity contribution is 0.475. The number of phenols is 1. The molecule has 0 aliphatic heterocycles. The number of rotatable bonds is 3. The van der Waals surface area contributed by atoms with Crippen LogP contribution >= 0.6 is 11.6 Å². The molecule has 0 amide bonds. The van der Waals surface area contributed by atoms with Gasteiger partial charge < -0.3 is 5.11 Å². The van der Waals surface area contributed by atoms with Gasteiger partial charge in [-0.3, -0.25) is 4.55 Å². The third kappa shape index (κ3) is 3.53. The second kappa shape index (κ2) is 5.58. The topological polar surface area (TPSA) is 99.3 Å². The lowest BCUT2D eigenvalue weighted by Gasteiger charge is -1.99. The third-order valence-corrected chi connectivity index (χ3v) is 3.47. The van der Waals surface area contributed by atoms with Crippen molar-refractivity contribution >= 4 is 33.1 Å². The lowest BCUT2D eigenvalue weighted by atomic mass is 10.3. The van der Waals surface area contributed by atoms with E-state index in [-0.39, 0.29) is 21.4 Å². The molecule has 2 rings (SSSR count). The van der Waals surface area contributed by atoms with Crippen LogP contribution < -0.4 is 0 Å². The Balaban J connectivity index is 2.32. The second-order valence-electron chi connectivity index (χ2n) is 3.81. The average Bonchev–Trinajstić information content (AvgIpc) is 2.37. The third-order valence-electron chi connectivity index (χ3n) is 2.32. The smallest absolute Gasteiger partial charge is 0.294 e. The Labute approximate surface area is 120 Å². The van der Waals surface area contributed by atoms with Gasteiger partial charge in [0.25, 0.3) is 10.1 Å². The summed E-state index contributed by atoms with van der Waals surface area (Å²) in [6, 6.07) is 9.53. The number of azo groups is 1. The fraction of sp³-hybridized carbons (Fsp3) is 0. The molecule has 2 aromatic rings. The number of halogens is 1. The number of hydrogen-bond donors (Lipinski definition) is 2. The van der Waals surface area contributed by atoms with E-state index >= 15 is 0 Å². The number of phenolic OH excluding ortho intramolecular Hbond substituents is 1. The predicted molar refractivity (Wildman–Crippen MR) is 73.5 cm³/mol. The van der Waals surface area contributed by atoms with E-state index in [2.05, 4.69) is 10.2 Å². The van der Waals surface area contributed by atoms with Gasteiger partial charge in [0.2, 0.25) is 0 Å². The van der Waals surface area contributed by atoms with Crippen LogP contribution in [0.3, 0.4) is 0 Å². The van der Waals surface area contributed by atoms with Crippen molar-refractivity contribution in [2.45, 2.75) is 4.90 Å². The molecule has 0 aromatic heterocycles. The molecule has 2 N–H and O–H groups in total. The molecular formula is C12H9ClN2O4S. The summed E-state index contributed by atoms with van der Waals surface area (Å²) < 4.78 is 30.9. The molecule has 0 atom stereocenters. The average molecular weight is 313 g/mol. The van der Waals surface area contributed by atoms with Gasteiger partial charge in [-0.05, 0) is 30.3 Å². The van der Waals surface area contributed by atoms with E-state index in [0.717, 1.165) is 0 Å². The van der Waals surface area contributed by atoms with Crippen molar-refractivity contribution in [1.29, 1.82) is 0 Å². The van der Waals surface area contributed by atoms with Crippen LogP contribution in [0.1, 0.15) is 0 Å². The van der Waals surface area contributed by atoms with Gasteiger partial charge in [-0.15, -0.1) is 5.11 Å². The minimum Gasteiger partial charge on any atom is -0.508 e. The fourth-order valence-corrected chi connectivity index (χ4v) is 2.13. The minimum atomic E-state index is -4.28. The molecule has 8 heteroatoms. The highest BCUT2D eigenvalue weighted by Gasteiger charge is 2.09. The number of nitrogens with zero attached hydrogens (tertiary/aromatic N) is 2. The van der Waals surface area contributed by atoms with Crippen LogP contribution in [-0.4, -0.2) is 18.1 Å². The molecule has 104 valence electrons. The zero-order valence-electron chi connectivity index (χ0n) is 9.93. The summed E-state index contributed by atoms with van der Waals surface area (Å²) in [5, 5.41) is 17.1. The first-order valence-corrected chi connectivity index (χ1v) is 7.16. The molecule has 20 heavy (non-hydrogen) atoms. The summed E-state index contributed by atoms with van der Waals surface area (Å²) in [5.41, 5.74) is 0.561. The molecule has 0 saturated heterocycles. The Morgan fingerprint density at radius 2 is 1.80 bits per heavy atom. The van der Waals surface area contributed by atoms with Crippen molar-refractivity contribution in [1.82, 2.24) is 0 Å². The van der Waals surface area contributed by atoms with Crippen LogP contribution in [0.2, 0.25) is 5.02 Å². The predicted octanol–water partition coefficient (Wildman–Crippen LogP) is 3.71. The zero-order valence-corrected chi connectivity index (χ0v) is 11.5. The number of hydrogen-bond acceptors (Lipinski definition) is 5. The Kier molecular flexibility index (Phi) is 4.03. The van der Waals surface area contributed by atoms with Gasteiger partial charge in [-0.25, -0.2) is 0 Å². The van der Waals surface area contributed by atoms with Crippen LogP contribution in [0.25, 0.3) is 0 Å². The summed E-state index contributed by atoms with van der Waals surface area (Å²) in [7, 11) is -4.28. The van der Waals surface area contributed by atoms with E-state index < -0.39 is 10.1 Å². The van der Waals surface area contributed by atoms with Gasteiger partial charge in [-0.1, -0.05) is 17.7 Å². The normalized spacial score (nSPS) is 11.9. The van der Waals surface area contributed by atoms with Crippen molar-refractivity contribution in [3.8, 4) is 5.75 Å². The van der Waals surface area contributed by atoms with Gasteiger partial charge in [0, 0.05) is 6.07 Å². The Bertz CT molecular complexity index is 775. The number of benzene rings is 2. The molecule has 6 nitrogen and oxygen atoms in total. The van der Waals surface area contributed by atoms with E-state index in [1.165, 1.54) is 42.5 Å². The number of aromatic hydroxyl groups is 1. The maximum Gasteiger partial charge on any atom is 0.294 e. The quantitative estimate of drug-likeness (QED) is 0.666. The molecule has 0 aliphatic rings. The monoisotopic (exact) mass is 312 g/mol.